The summed E-state index contributed by atoms with van der Waals surface area (Å²) in [6.07, 6.45) is 3.96. The second kappa shape index (κ2) is 6.52. The second-order valence-corrected chi connectivity index (χ2v) is 5.12. The molecule has 9 heteroatoms. The molecule has 2 aromatic rings. The van der Waals surface area contributed by atoms with Crippen LogP contribution >= 0.6 is 23.2 Å². The molecule has 0 aliphatic heterocycles. The fourth-order valence-corrected chi connectivity index (χ4v) is 2.26. The minimum absolute atomic E-state index is 0.0263. The van der Waals surface area contributed by atoms with Crippen LogP contribution in [0.5, 0.6) is 11.5 Å². The van der Waals surface area contributed by atoms with Crippen LogP contribution in [0.25, 0.3) is 11.6 Å². The van der Waals surface area contributed by atoms with Gasteiger partial charge in [0.15, 0.2) is 5.75 Å². The Balaban J connectivity index is 2.66. The van der Waals surface area contributed by atoms with E-state index in [4.69, 9.17) is 23.2 Å². The number of pyridine rings is 1. The van der Waals surface area contributed by atoms with Crippen LogP contribution in [0.4, 0.5) is 5.69 Å². The summed E-state index contributed by atoms with van der Waals surface area (Å²) >= 11 is 11.9. The zero-order valence-electron chi connectivity index (χ0n) is 11.2. The highest BCUT2D eigenvalue weighted by atomic mass is 35.5. The van der Waals surface area contributed by atoms with Crippen LogP contribution in [0.1, 0.15) is 11.1 Å². The molecule has 0 amide bonds. The summed E-state index contributed by atoms with van der Waals surface area (Å²) in [5.41, 5.74) is -0.444. The van der Waals surface area contributed by atoms with E-state index in [9.17, 15) is 25.6 Å². The number of phenolic OH excluding ortho intramolecular Hbond substituents is 2. The lowest BCUT2D eigenvalue weighted by Gasteiger charge is -2.05. The maximum atomic E-state index is 10.9. The first-order chi connectivity index (χ1) is 10.8. The van der Waals surface area contributed by atoms with Gasteiger partial charge in [0.05, 0.1) is 26.6 Å². The van der Waals surface area contributed by atoms with Crippen molar-refractivity contribution in [3.05, 3.63) is 55.8 Å². The number of hydrogen-bond acceptors (Lipinski definition) is 6. The summed E-state index contributed by atoms with van der Waals surface area (Å²) in [5.74, 6) is -1.60. The first-order valence-electron chi connectivity index (χ1n) is 5.96. The quantitative estimate of drug-likeness (QED) is 0.375. The standard InChI is InChI=1S/C14H7Cl2N3O4/c15-10-5-18-6-11(16)9(10)1-8(4-17)7-2-12(19(22)23)14(21)13(20)3-7/h1-3,5-6,20-21H/b8-1-. The van der Waals surface area contributed by atoms with Gasteiger partial charge in [0.1, 0.15) is 0 Å². The number of nitrogens with zero attached hydrogens (tertiary/aromatic N) is 3. The molecule has 0 atom stereocenters. The van der Waals surface area contributed by atoms with E-state index < -0.39 is 22.1 Å². The summed E-state index contributed by atoms with van der Waals surface area (Å²) in [5, 5.41) is 39.6. The molecule has 0 fully saturated rings. The summed E-state index contributed by atoms with van der Waals surface area (Å²) in [4.78, 5) is 13.8. The van der Waals surface area contributed by atoms with E-state index in [-0.39, 0.29) is 21.2 Å². The molecule has 0 unspecified atom stereocenters. The number of allylic oxidation sites excluding steroid dienone is 1. The summed E-state index contributed by atoms with van der Waals surface area (Å²) in [7, 11) is 0. The van der Waals surface area contributed by atoms with Gasteiger partial charge < -0.3 is 10.2 Å². The third kappa shape index (κ3) is 3.34. The molecule has 2 rings (SSSR count). The average molecular weight is 352 g/mol. The van der Waals surface area contributed by atoms with Crippen molar-refractivity contribution < 1.29 is 15.1 Å². The zero-order chi connectivity index (χ0) is 17.1. The normalized spacial score (nSPS) is 11.1. The van der Waals surface area contributed by atoms with Crippen molar-refractivity contribution in [2.75, 3.05) is 0 Å². The van der Waals surface area contributed by atoms with Crippen LogP contribution in [0.15, 0.2) is 24.5 Å². The lowest BCUT2D eigenvalue weighted by atomic mass is 10.0. The summed E-state index contributed by atoms with van der Waals surface area (Å²) in [6, 6.07) is 3.84. The Bertz CT molecular complexity index is 855. The molecule has 1 heterocycles. The average Bonchev–Trinajstić information content (AvgIpc) is 2.49. The maximum Gasteiger partial charge on any atom is 0.315 e. The lowest BCUT2D eigenvalue weighted by molar-refractivity contribution is -0.386. The van der Waals surface area contributed by atoms with Crippen LogP contribution in [-0.4, -0.2) is 20.1 Å². The number of rotatable bonds is 3. The molecule has 116 valence electrons. The second-order valence-electron chi connectivity index (χ2n) is 4.31. The molecule has 0 aliphatic rings. The smallest absolute Gasteiger partial charge is 0.315 e. The van der Waals surface area contributed by atoms with Crippen LogP contribution in [0, 0.1) is 21.4 Å². The molecular formula is C14H7Cl2N3O4. The monoisotopic (exact) mass is 351 g/mol. The number of phenols is 2. The number of aromatic hydroxyl groups is 2. The van der Waals surface area contributed by atoms with Crippen LogP contribution in [0.3, 0.4) is 0 Å². The molecule has 23 heavy (non-hydrogen) atoms. The van der Waals surface area contributed by atoms with Gasteiger partial charge in [0, 0.05) is 29.6 Å². The molecule has 0 spiro atoms. The highest BCUT2D eigenvalue weighted by Gasteiger charge is 2.20. The predicted molar refractivity (Wildman–Crippen MR) is 84.2 cm³/mol. The molecule has 0 aliphatic carbocycles. The maximum absolute atomic E-state index is 10.9. The zero-order valence-corrected chi connectivity index (χ0v) is 12.7. The topological polar surface area (TPSA) is 120 Å². The fraction of sp³-hybridized carbons (Fsp3) is 0. The SMILES string of the molecule is N#C/C(=C/c1c(Cl)cncc1Cl)c1cc(O)c(O)c([N+](=O)[O-])c1. The number of benzene rings is 1. The summed E-state index contributed by atoms with van der Waals surface area (Å²) in [6.45, 7) is 0. The Kier molecular flexibility index (Phi) is 4.69. The van der Waals surface area contributed by atoms with Gasteiger partial charge in [-0.05, 0) is 12.1 Å². The molecule has 0 radical (unpaired) electrons. The highest BCUT2D eigenvalue weighted by molar-refractivity contribution is 6.37. The number of halogens is 2. The molecule has 7 nitrogen and oxygen atoms in total. The van der Waals surface area contributed by atoms with Crippen molar-refractivity contribution in [2.24, 2.45) is 0 Å². The van der Waals surface area contributed by atoms with Crippen LogP contribution in [0.2, 0.25) is 10.0 Å². The van der Waals surface area contributed by atoms with Gasteiger partial charge in [-0.2, -0.15) is 5.26 Å². The largest absolute Gasteiger partial charge is 0.504 e. The Labute approximate surface area is 139 Å². The first-order valence-corrected chi connectivity index (χ1v) is 6.72. The highest BCUT2D eigenvalue weighted by Crippen LogP contribution is 2.38. The van der Waals surface area contributed by atoms with E-state index in [2.05, 4.69) is 4.98 Å². The van der Waals surface area contributed by atoms with Gasteiger partial charge in [-0.15, -0.1) is 0 Å². The van der Waals surface area contributed by atoms with Crippen molar-refractivity contribution in [1.29, 1.82) is 5.26 Å². The van der Waals surface area contributed by atoms with E-state index in [1.54, 1.807) is 0 Å². The first kappa shape index (κ1) is 16.5. The number of aromatic nitrogens is 1. The van der Waals surface area contributed by atoms with E-state index in [1.165, 1.54) is 18.5 Å². The van der Waals surface area contributed by atoms with E-state index in [0.29, 0.717) is 5.56 Å². The molecule has 1 aromatic heterocycles. The van der Waals surface area contributed by atoms with Gasteiger partial charge in [0.2, 0.25) is 5.75 Å². The van der Waals surface area contributed by atoms with Crippen LogP contribution in [-0.2, 0) is 0 Å². The van der Waals surface area contributed by atoms with Crippen molar-refractivity contribution >= 4 is 40.5 Å². The van der Waals surface area contributed by atoms with E-state index in [1.807, 2.05) is 6.07 Å². The van der Waals surface area contributed by atoms with Gasteiger partial charge in [-0.25, -0.2) is 0 Å². The number of nitro benzene ring substituents is 1. The van der Waals surface area contributed by atoms with Gasteiger partial charge in [-0.1, -0.05) is 23.2 Å². The van der Waals surface area contributed by atoms with Crippen molar-refractivity contribution in [2.45, 2.75) is 0 Å². The van der Waals surface area contributed by atoms with E-state index in [0.717, 1.165) is 12.1 Å². The predicted octanol–water partition coefficient (Wildman–Crippen LogP) is 3.77. The van der Waals surface area contributed by atoms with Crippen LogP contribution < -0.4 is 0 Å². The van der Waals surface area contributed by atoms with Crippen molar-refractivity contribution in [3.63, 3.8) is 0 Å². The molecule has 0 saturated heterocycles. The van der Waals surface area contributed by atoms with Gasteiger partial charge >= 0.3 is 5.69 Å². The van der Waals surface area contributed by atoms with Gasteiger partial charge in [0.25, 0.3) is 0 Å². The number of nitro groups is 1. The van der Waals surface area contributed by atoms with Gasteiger partial charge in [-0.3, -0.25) is 15.1 Å². The van der Waals surface area contributed by atoms with Crippen molar-refractivity contribution in [1.82, 2.24) is 4.98 Å². The Morgan fingerprint density at radius 1 is 1.30 bits per heavy atom. The lowest BCUT2D eigenvalue weighted by Crippen LogP contribution is -1.92. The fourth-order valence-electron chi connectivity index (χ4n) is 1.78. The Hall–Kier alpha value is -2.82. The third-order valence-electron chi connectivity index (χ3n) is 2.88. The molecular weight excluding hydrogens is 345 g/mol. The number of hydrogen-bond donors (Lipinski definition) is 2. The number of nitriles is 1. The molecule has 0 bridgehead atoms. The molecule has 2 N–H and O–H groups in total. The Morgan fingerprint density at radius 3 is 2.43 bits per heavy atom. The third-order valence-corrected chi connectivity index (χ3v) is 3.48. The molecule has 1 aromatic carbocycles. The summed E-state index contributed by atoms with van der Waals surface area (Å²) < 4.78 is 0. The van der Waals surface area contributed by atoms with E-state index >= 15 is 0 Å². The Morgan fingerprint density at radius 2 is 1.91 bits per heavy atom. The minimum atomic E-state index is -0.879. The van der Waals surface area contributed by atoms with Crippen molar-refractivity contribution in [3.8, 4) is 17.6 Å². The minimum Gasteiger partial charge on any atom is -0.504 e. The molecule has 0 saturated carbocycles.